The van der Waals surface area contributed by atoms with Crippen LogP contribution in [0.15, 0.2) is 52.8 Å². The fourth-order valence-corrected chi connectivity index (χ4v) is 2.37. The zero-order valence-corrected chi connectivity index (χ0v) is 9.82. The highest BCUT2D eigenvalue weighted by molar-refractivity contribution is 7.99. The van der Waals surface area contributed by atoms with Gasteiger partial charge in [-0.2, -0.15) is 0 Å². The molecule has 2 N–H and O–H groups in total. The van der Waals surface area contributed by atoms with Crippen molar-refractivity contribution >= 4 is 11.8 Å². The Balaban J connectivity index is 2.28. The van der Waals surface area contributed by atoms with Gasteiger partial charge in [-0.3, -0.25) is 4.98 Å². The van der Waals surface area contributed by atoms with E-state index in [1.54, 1.807) is 30.4 Å². The minimum atomic E-state index is 0.0281. The summed E-state index contributed by atoms with van der Waals surface area (Å²) in [5.74, 6) is 0. The van der Waals surface area contributed by atoms with Crippen molar-refractivity contribution in [1.29, 1.82) is 0 Å². The van der Waals surface area contributed by atoms with Crippen LogP contribution in [0.25, 0.3) is 0 Å². The van der Waals surface area contributed by atoms with Crippen LogP contribution in [0.1, 0.15) is 18.5 Å². The monoisotopic (exact) mass is 231 g/mol. The predicted octanol–water partition coefficient (Wildman–Crippen LogP) is 2.65. The van der Waals surface area contributed by atoms with Crippen molar-refractivity contribution in [2.75, 3.05) is 0 Å². The molecule has 1 heterocycles. The summed E-state index contributed by atoms with van der Waals surface area (Å²) in [5, 5.41) is 0.885. The van der Waals surface area contributed by atoms with Gasteiger partial charge in [0.15, 0.2) is 0 Å². The SMILES string of the molecule is C[C@@H](N)c1ccccc1Sc1cnccn1. The van der Waals surface area contributed by atoms with Crippen LogP contribution in [0, 0.1) is 0 Å². The Bertz CT molecular complexity index is 457. The summed E-state index contributed by atoms with van der Waals surface area (Å²) in [7, 11) is 0. The second-order valence-electron chi connectivity index (χ2n) is 3.47. The molecule has 1 aromatic carbocycles. The summed E-state index contributed by atoms with van der Waals surface area (Å²) in [5.41, 5.74) is 7.06. The van der Waals surface area contributed by atoms with E-state index in [4.69, 9.17) is 5.73 Å². The van der Waals surface area contributed by atoms with Gasteiger partial charge < -0.3 is 5.73 Å². The van der Waals surface area contributed by atoms with E-state index in [0.29, 0.717) is 0 Å². The first kappa shape index (κ1) is 11.1. The van der Waals surface area contributed by atoms with Gasteiger partial charge in [0.1, 0.15) is 5.03 Å². The van der Waals surface area contributed by atoms with Crippen molar-refractivity contribution in [2.24, 2.45) is 5.73 Å². The van der Waals surface area contributed by atoms with Gasteiger partial charge in [0.2, 0.25) is 0 Å². The summed E-state index contributed by atoms with van der Waals surface area (Å²) < 4.78 is 0. The molecule has 0 aliphatic heterocycles. The van der Waals surface area contributed by atoms with E-state index in [2.05, 4.69) is 16.0 Å². The van der Waals surface area contributed by atoms with Crippen LogP contribution >= 0.6 is 11.8 Å². The first-order valence-electron chi connectivity index (χ1n) is 5.06. The Morgan fingerprint density at radius 2 is 2.06 bits per heavy atom. The van der Waals surface area contributed by atoms with E-state index >= 15 is 0 Å². The molecule has 16 heavy (non-hydrogen) atoms. The van der Waals surface area contributed by atoms with E-state index < -0.39 is 0 Å². The van der Waals surface area contributed by atoms with Crippen LogP contribution in [0.3, 0.4) is 0 Å². The van der Waals surface area contributed by atoms with Gasteiger partial charge >= 0.3 is 0 Å². The average molecular weight is 231 g/mol. The van der Waals surface area contributed by atoms with Crippen molar-refractivity contribution < 1.29 is 0 Å². The molecule has 0 aliphatic carbocycles. The summed E-state index contributed by atoms with van der Waals surface area (Å²) in [4.78, 5) is 9.41. The van der Waals surface area contributed by atoms with Crippen LogP contribution in [0.2, 0.25) is 0 Å². The molecule has 1 aromatic heterocycles. The van der Waals surface area contributed by atoms with Gasteiger partial charge in [0.05, 0.1) is 6.20 Å². The van der Waals surface area contributed by atoms with Gasteiger partial charge in [0.25, 0.3) is 0 Å². The van der Waals surface area contributed by atoms with E-state index in [9.17, 15) is 0 Å². The van der Waals surface area contributed by atoms with Crippen molar-refractivity contribution in [3.05, 3.63) is 48.4 Å². The molecule has 0 saturated heterocycles. The quantitative estimate of drug-likeness (QED) is 0.882. The van der Waals surface area contributed by atoms with Crippen molar-refractivity contribution in [3.63, 3.8) is 0 Å². The molecule has 2 aromatic rings. The van der Waals surface area contributed by atoms with Crippen molar-refractivity contribution in [2.45, 2.75) is 22.9 Å². The number of benzene rings is 1. The van der Waals surface area contributed by atoms with Crippen LogP contribution in [0.5, 0.6) is 0 Å². The number of nitrogens with zero attached hydrogens (tertiary/aromatic N) is 2. The van der Waals surface area contributed by atoms with Gasteiger partial charge in [-0.1, -0.05) is 30.0 Å². The Kier molecular flexibility index (Phi) is 3.54. The second-order valence-corrected chi connectivity index (χ2v) is 4.53. The predicted molar refractivity (Wildman–Crippen MR) is 65.2 cm³/mol. The maximum atomic E-state index is 5.92. The molecule has 2 rings (SSSR count). The van der Waals surface area contributed by atoms with Crippen LogP contribution in [0.4, 0.5) is 0 Å². The molecule has 0 aliphatic rings. The van der Waals surface area contributed by atoms with Gasteiger partial charge in [-0.05, 0) is 18.6 Å². The fraction of sp³-hybridized carbons (Fsp3) is 0.167. The van der Waals surface area contributed by atoms with E-state index in [-0.39, 0.29) is 6.04 Å². The molecule has 1 atom stereocenters. The third-order valence-electron chi connectivity index (χ3n) is 2.16. The zero-order chi connectivity index (χ0) is 11.4. The molecule has 0 saturated carbocycles. The molecule has 3 nitrogen and oxygen atoms in total. The lowest BCUT2D eigenvalue weighted by Crippen LogP contribution is -2.06. The number of hydrogen-bond acceptors (Lipinski definition) is 4. The lowest BCUT2D eigenvalue weighted by atomic mass is 10.1. The third-order valence-corrected chi connectivity index (χ3v) is 3.18. The smallest absolute Gasteiger partial charge is 0.119 e. The van der Waals surface area contributed by atoms with E-state index in [0.717, 1.165) is 15.5 Å². The molecule has 4 heteroatoms. The molecular formula is C12H13N3S. The van der Waals surface area contributed by atoms with Gasteiger partial charge in [-0.25, -0.2) is 4.98 Å². The second kappa shape index (κ2) is 5.09. The standard InChI is InChI=1S/C12H13N3S/c1-9(13)10-4-2-3-5-11(10)16-12-8-14-6-7-15-12/h2-9H,13H2,1H3/t9-/m1/s1. The minimum Gasteiger partial charge on any atom is -0.324 e. The first-order chi connectivity index (χ1) is 7.77. The van der Waals surface area contributed by atoms with Crippen molar-refractivity contribution in [1.82, 2.24) is 9.97 Å². The molecule has 0 unspecified atom stereocenters. The number of nitrogens with two attached hydrogens (primary N) is 1. The van der Waals surface area contributed by atoms with Crippen LogP contribution < -0.4 is 5.73 Å². The largest absolute Gasteiger partial charge is 0.324 e. The summed E-state index contributed by atoms with van der Waals surface area (Å²) in [6.07, 6.45) is 5.11. The molecule has 0 bridgehead atoms. The fourth-order valence-electron chi connectivity index (χ4n) is 1.40. The van der Waals surface area contributed by atoms with Crippen LogP contribution in [-0.2, 0) is 0 Å². The Hall–Kier alpha value is -1.39. The number of aromatic nitrogens is 2. The zero-order valence-electron chi connectivity index (χ0n) is 9.00. The number of hydrogen-bond donors (Lipinski definition) is 1. The van der Waals surface area contributed by atoms with E-state index in [1.807, 2.05) is 25.1 Å². The first-order valence-corrected chi connectivity index (χ1v) is 5.87. The highest BCUT2D eigenvalue weighted by Crippen LogP contribution is 2.30. The Morgan fingerprint density at radius 3 is 2.75 bits per heavy atom. The average Bonchev–Trinajstić information content (AvgIpc) is 2.31. The summed E-state index contributed by atoms with van der Waals surface area (Å²) in [6.45, 7) is 1.98. The summed E-state index contributed by atoms with van der Waals surface area (Å²) in [6, 6.07) is 8.13. The van der Waals surface area contributed by atoms with Crippen molar-refractivity contribution in [3.8, 4) is 0 Å². The molecular weight excluding hydrogens is 218 g/mol. The molecule has 82 valence electrons. The number of rotatable bonds is 3. The van der Waals surface area contributed by atoms with Gasteiger partial charge in [-0.15, -0.1) is 0 Å². The Morgan fingerprint density at radius 1 is 1.25 bits per heavy atom. The minimum absolute atomic E-state index is 0.0281. The highest BCUT2D eigenvalue weighted by atomic mass is 32.2. The molecule has 0 spiro atoms. The highest BCUT2D eigenvalue weighted by Gasteiger charge is 2.07. The lowest BCUT2D eigenvalue weighted by molar-refractivity contribution is 0.797. The molecule has 0 radical (unpaired) electrons. The van der Waals surface area contributed by atoms with E-state index in [1.165, 1.54) is 0 Å². The maximum Gasteiger partial charge on any atom is 0.119 e. The Labute approximate surface area is 99.1 Å². The van der Waals surface area contributed by atoms with Gasteiger partial charge in [0, 0.05) is 23.3 Å². The summed E-state index contributed by atoms with van der Waals surface area (Å²) >= 11 is 1.59. The third kappa shape index (κ3) is 2.59. The normalized spacial score (nSPS) is 12.4. The maximum absolute atomic E-state index is 5.92. The molecule has 0 amide bonds. The topological polar surface area (TPSA) is 51.8 Å². The van der Waals surface area contributed by atoms with Crippen LogP contribution in [-0.4, -0.2) is 9.97 Å². The molecule has 0 fully saturated rings. The lowest BCUT2D eigenvalue weighted by Gasteiger charge is -2.11.